The Balaban J connectivity index is 2.63. The third-order valence-electron chi connectivity index (χ3n) is 3.90. The molecule has 0 saturated heterocycles. The summed E-state index contributed by atoms with van der Waals surface area (Å²) in [5, 5.41) is 10.4. The van der Waals surface area contributed by atoms with Crippen LogP contribution in [-0.2, 0) is 4.79 Å². The average molecular weight is 270 g/mol. The van der Waals surface area contributed by atoms with E-state index in [-0.39, 0.29) is 22.8 Å². The first kappa shape index (κ1) is 14.3. The summed E-state index contributed by atoms with van der Waals surface area (Å²) in [6.07, 6.45) is 2.71. The molecule has 2 rings (SSSR count). The van der Waals surface area contributed by atoms with Gasteiger partial charge in [-0.2, -0.15) is 0 Å². The van der Waals surface area contributed by atoms with Crippen LogP contribution in [0.4, 0.5) is 0 Å². The van der Waals surface area contributed by atoms with Crippen LogP contribution in [0, 0.1) is 5.92 Å². The maximum absolute atomic E-state index is 12.3. The quantitative estimate of drug-likeness (QED) is 0.673. The first-order valence-corrected chi connectivity index (χ1v) is 6.79. The normalized spacial score (nSPS) is 17.2. The van der Waals surface area contributed by atoms with Crippen LogP contribution in [0.25, 0.3) is 5.76 Å². The first-order valence-electron chi connectivity index (χ1n) is 6.79. The molecule has 1 aromatic carbocycles. The molecule has 1 aliphatic carbocycles. The fourth-order valence-corrected chi connectivity index (χ4v) is 2.73. The van der Waals surface area contributed by atoms with Gasteiger partial charge < -0.3 is 5.11 Å². The molecule has 0 spiro atoms. The van der Waals surface area contributed by atoms with Crippen LogP contribution >= 0.6 is 0 Å². The van der Waals surface area contributed by atoms with Gasteiger partial charge in [0, 0.05) is 17.0 Å². The van der Waals surface area contributed by atoms with Crippen LogP contribution < -0.4 is 0 Å². The van der Waals surface area contributed by atoms with E-state index in [0.717, 1.165) is 12.0 Å². The van der Waals surface area contributed by atoms with Gasteiger partial charge in [0.1, 0.15) is 5.76 Å². The second-order valence-corrected chi connectivity index (χ2v) is 4.90. The number of aliphatic hydroxyl groups excluding tert-OH is 1. The van der Waals surface area contributed by atoms with Gasteiger partial charge in [-0.05, 0) is 13.3 Å². The second kappa shape index (κ2) is 5.45. The highest BCUT2D eigenvalue weighted by Gasteiger charge is 2.35. The molecule has 0 unspecified atom stereocenters. The van der Waals surface area contributed by atoms with Gasteiger partial charge in [-0.25, -0.2) is 0 Å². The SMILES string of the molecule is C/C=C(\CC)[C@@H](C)C1=C(O)c2ccccc2C(=O)C1=O. The lowest BCUT2D eigenvalue weighted by atomic mass is 9.79. The lowest BCUT2D eigenvalue weighted by Gasteiger charge is -2.23. The first-order chi connectivity index (χ1) is 9.52. The fourth-order valence-electron chi connectivity index (χ4n) is 2.73. The van der Waals surface area contributed by atoms with Crippen LogP contribution in [-0.4, -0.2) is 16.7 Å². The Bertz CT molecular complexity index is 635. The Morgan fingerprint density at radius 2 is 1.80 bits per heavy atom. The van der Waals surface area contributed by atoms with Crippen molar-refractivity contribution < 1.29 is 14.7 Å². The van der Waals surface area contributed by atoms with Gasteiger partial charge in [-0.1, -0.05) is 49.8 Å². The number of benzene rings is 1. The molecule has 0 heterocycles. The lowest BCUT2D eigenvalue weighted by molar-refractivity contribution is -0.112. The molecule has 104 valence electrons. The number of carbonyl (C=O) groups excluding carboxylic acids is 2. The molecule has 0 bridgehead atoms. The van der Waals surface area contributed by atoms with Crippen LogP contribution in [0.3, 0.4) is 0 Å². The zero-order chi connectivity index (χ0) is 14.9. The van der Waals surface area contributed by atoms with E-state index in [1.165, 1.54) is 0 Å². The lowest BCUT2D eigenvalue weighted by Crippen LogP contribution is -2.27. The summed E-state index contributed by atoms with van der Waals surface area (Å²) < 4.78 is 0. The molecule has 1 atom stereocenters. The Hall–Kier alpha value is -2.16. The smallest absolute Gasteiger partial charge is 0.234 e. The fraction of sp³-hybridized carbons (Fsp3) is 0.294. The third kappa shape index (κ3) is 2.09. The highest BCUT2D eigenvalue weighted by molar-refractivity contribution is 6.52. The Morgan fingerprint density at radius 1 is 1.20 bits per heavy atom. The molecule has 1 N–H and O–H groups in total. The summed E-state index contributed by atoms with van der Waals surface area (Å²) in [4.78, 5) is 24.4. The summed E-state index contributed by atoms with van der Waals surface area (Å²) >= 11 is 0. The van der Waals surface area contributed by atoms with Crippen molar-refractivity contribution in [1.29, 1.82) is 0 Å². The minimum Gasteiger partial charge on any atom is -0.507 e. The van der Waals surface area contributed by atoms with Gasteiger partial charge >= 0.3 is 0 Å². The Labute approximate surface area is 118 Å². The number of rotatable bonds is 3. The molecule has 20 heavy (non-hydrogen) atoms. The largest absolute Gasteiger partial charge is 0.507 e. The number of Topliss-reactive ketones (excluding diaryl/α,β-unsaturated/α-hetero) is 2. The van der Waals surface area contributed by atoms with Gasteiger partial charge in [0.25, 0.3) is 0 Å². The number of hydrogen-bond donors (Lipinski definition) is 1. The third-order valence-corrected chi connectivity index (χ3v) is 3.90. The van der Waals surface area contributed by atoms with E-state index in [1.807, 2.05) is 26.8 Å². The molecular formula is C17H18O3. The molecule has 0 radical (unpaired) electrons. The maximum Gasteiger partial charge on any atom is 0.234 e. The molecule has 3 nitrogen and oxygen atoms in total. The van der Waals surface area contributed by atoms with Gasteiger partial charge in [-0.15, -0.1) is 0 Å². The van der Waals surface area contributed by atoms with Crippen LogP contribution in [0.1, 0.15) is 43.1 Å². The zero-order valence-corrected chi connectivity index (χ0v) is 11.9. The second-order valence-electron chi connectivity index (χ2n) is 4.90. The van der Waals surface area contributed by atoms with Crippen molar-refractivity contribution in [3.63, 3.8) is 0 Å². The van der Waals surface area contributed by atoms with Crippen LogP contribution in [0.2, 0.25) is 0 Å². The maximum atomic E-state index is 12.3. The van der Waals surface area contributed by atoms with Gasteiger partial charge in [0.15, 0.2) is 0 Å². The monoisotopic (exact) mass is 270 g/mol. The molecule has 0 amide bonds. The number of carbonyl (C=O) groups is 2. The van der Waals surface area contributed by atoms with E-state index in [2.05, 4.69) is 0 Å². The Kier molecular flexibility index (Phi) is 3.89. The van der Waals surface area contributed by atoms with Crippen LogP contribution in [0.5, 0.6) is 0 Å². The highest BCUT2D eigenvalue weighted by atomic mass is 16.3. The molecule has 1 aromatic rings. The summed E-state index contributed by atoms with van der Waals surface area (Å²) in [6, 6.07) is 6.68. The molecule has 0 fully saturated rings. The van der Waals surface area contributed by atoms with E-state index >= 15 is 0 Å². The summed E-state index contributed by atoms with van der Waals surface area (Å²) in [5.74, 6) is -1.45. The average Bonchev–Trinajstić information content (AvgIpc) is 2.46. The number of fused-ring (bicyclic) bond motifs is 1. The van der Waals surface area contributed by atoms with E-state index in [0.29, 0.717) is 5.56 Å². The van der Waals surface area contributed by atoms with Crippen molar-refractivity contribution in [3.05, 3.63) is 52.6 Å². The summed E-state index contributed by atoms with van der Waals surface area (Å²) in [7, 11) is 0. The van der Waals surface area contributed by atoms with Crippen molar-refractivity contribution >= 4 is 17.3 Å². The number of aliphatic hydroxyl groups is 1. The van der Waals surface area contributed by atoms with Gasteiger partial charge in [0.05, 0.1) is 5.57 Å². The number of allylic oxidation sites excluding steroid dienone is 3. The molecular weight excluding hydrogens is 252 g/mol. The molecule has 3 heteroatoms. The van der Waals surface area contributed by atoms with E-state index in [9.17, 15) is 14.7 Å². The van der Waals surface area contributed by atoms with Crippen molar-refractivity contribution in [2.24, 2.45) is 5.92 Å². The summed E-state index contributed by atoms with van der Waals surface area (Å²) in [5.41, 5.74) is 1.98. The minimum atomic E-state index is -0.596. The standard InChI is InChI=1S/C17H18O3/c1-4-11(5-2)10(3)14-15(18)12-8-6-7-9-13(12)16(19)17(14)20/h4,6-10,18H,5H2,1-3H3/b11-4+/t10-/m1/s1. The van der Waals surface area contributed by atoms with Crippen LogP contribution in [0.15, 0.2) is 41.5 Å². The zero-order valence-electron chi connectivity index (χ0n) is 11.9. The number of hydrogen-bond acceptors (Lipinski definition) is 3. The van der Waals surface area contributed by atoms with Gasteiger partial charge in [0.2, 0.25) is 11.6 Å². The molecule has 0 aromatic heterocycles. The van der Waals surface area contributed by atoms with E-state index in [1.54, 1.807) is 24.3 Å². The van der Waals surface area contributed by atoms with Crippen molar-refractivity contribution in [1.82, 2.24) is 0 Å². The minimum absolute atomic E-state index is 0.0644. The van der Waals surface area contributed by atoms with Gasteiger partial charge in [-0.3, -0.25) is 9.59 Å². The molecule has 1 aliphatic rings. The van der Waals surface area contributed by atoms with Crippen molar-refractivity contribution in [2.45, 2.75) is 27.2 Å². The van der Waals surface area contributed by atoms with Crippen molar-refractivity contribution in [2.75, 3.05) is 0 Å². The van der Waals surface area contributed by atoms with E-state index < -0.39 is 11.6 Å². The van der Waals surface area contributed by atoms with E-state index in [4.69, 9.17) is 0 Å². The number of ketones is 2. The Morgan fingerprint density at radius 3 is 2.35 bits per heavy atom. The highest BCUT2D eigenvalue weighted by Crippen LogP contribution is 2.34. The van der Waals surface area contributed by atoms with Crippen molar-refractivity contribution in [3.8, 4) is 0 Å². The summed E-state index contributed by atoms with van der Waals surface area (Å²) in [6.45, 7) is 5.74. The predicted molar refractivity (Wildman–Crippen MR) is 78.5 cm³/mol. The topological polar surface area (TPSA) is 54.4 Å². The molecule has 0 aliphatic heterocycles. The predicted octanol–water partition coefficient (Wildman–Crippen LogP) is 3.71. The molecule has 0 saturated carbocycles.